The number of thiocarbonyl (C=S) groups is 1. The molecule has 6 heteroatoms. The zero-order chi connectivity index (χ0) is 14.5. The van der Waals surface area contributed by atoms with E-state index in [2.05, 4.69) is 15.5 Å². The normalized spacial score (nSPS) is 10.1. The molecule has 0 fully saturated rings. The molecule has 20 heavy (non-hydrogen) atoms. The predicted molar refractivity (Wildman–Crippen MR) is 83.8 cm³/mol. The Morgan fingerprint density at radius 2 is 2.20 bits per heavy atom. The third-order valence-electron chi connectivity index (χ3n) is 2.64. The van der Waals surface area contributed by atoms with Crippen molar-refractivity contribution in [2.24, 2.45) is 5.73 Å². The van der Waals surface area contributed by atoms with Crippen LogP contribution in [0.4, 0.5) is 5.69 Å². The number of aryl methyl sites for hydroxylation is 1. The first-order valence-electron chi connectivity index (χ1n) is 6.23. The van der Waals surface area contributed by atoms with Gasteiger partial charge in [-0.05, 0) is 44.3 Å². The van der Waals surface area contributed by atoms with E-state index in [-0.39, 0.29) is 5.11 Å². The summed E-state index contributed by atoms with van der Waals surface area (Å²) in [6.07, 6.45) is 1.71. The average molecular weight is 288 g/mol. The molecule has 0 radical (unpaired) electrons. The second-order valence-corrected chi connectivity index (χ2v) is 4.66. The summed E-state index contributed by atoms with van der Waals surface area (Å²) < 4.78 is 5.68. The fourth-order valence-electron chi connectivity index (χ4n) is 1.88. The molecule has 2 rings (SSSR count). The van der Waals surface area contributed by atoms with Crippen molar-refractivity contribution in [3.8, 4) is 16.9 Å². The topological polar surface area (TPSA) is 73.1 Å². The van der Waals surface area contributed by atoms with Gasteiger partial charge in [0.2, 0.25) is 0 Å². The Morgan fingerprint density at radius 3 is 2.85 bits per heavy atom. The molecular weight excluding hydrogens is 272 g/mol. The van der Waals surface area contributed by atoms with E-state index in [1.807, 2.05) is 38.1 Å². The molecule has 0 amide bonds. The number of ether oxygens (including phenoxy) is 1. The molecule has 0 bridgehead atoms. The molecule has 3 N–H and O–H groups in total. The van der Waals surface area contributed by atoms with Crippen LogP contribution in [0, 0.1) is 6.92 Å². The molecule has 0 unspecified atom stereocenters. The maximum Gasteiger partial charge on any atom is 0.168 e. The maximum absolute atomic E-state index is 5.68. The van der Waals surface area contributed by atoms with Gasteiger partial charge in [0.05, 0.1) is 18.5 Å². The Bertz CT molecular complexity index is 630. The summed E-state index contributed by atoms with van der Waals surface area (Å²) in [5, 5.41) is 11.1. The van der Waals surface area contributed by atoms with Crippen molar-refractivity contribution in [2.45, 2.75) is 13.8 Å². The number of benzene rings is 1. The van der Waals surface area contributed by atoms with Crippen molar-refractivity contribution in [3.05, 3.63) is 36.2 Å². The van der Waals surface area contributed by atoms with E-state index in [9.17, 15) is 0 Å². The van der Waals surface area contributed by atoms with Crippen LogP contribution in [0.2, 0.25) is 0 Å². The van der Waals surface area contributed by atoms with E-state index in [0.29, 0.717) is 6.61 Å². The van der Waals surface area contributed by atoms with Crippen LogP contribution < -0.4 is 15.8 Å². The molecule has 0 aliphatic carbocycles. The van der Waals surface area contributed by atoms with Crippen molar-refractivity contribution < 1.29 is 4.74 Å². The number of aromatic nitrogens is 2. The molecule has 0 atom stereocenters. The Hall–Kier alpha value is -2.21. The van der Waals surface area contributed by atoms with E-state index >= 15 is 0 Å². The quantitative estimate of drug-likeness (QED) is 0.842. The summed E-state index contributed by atoms with van der Waals surface area (Å²) in [6.45, 7) is 4.41. The van der Waals surface area contributed by atoms with Gasteiger partial charge in [0.25, 0.3) is 0 Å². The Morgan fingerprint density at radius 1 is 1.40 bits per heavy atom. The highest BCUT2D eigenvalue weighted by Crippen LogP contribution is 2.32. The van der Waals surface area contributed by atoms with Crippen molar-refractivity contribution in [2.75, 3.05) is 11.9 Å². The van der Waals surface area contributed by atoms with Crippen LogP contribution in [-0.2, 0) is 0 Å². The second kappa shape index (κ2) is 6.29. The molecule has 1 aromatic carbocycles. The number of hydrogen-bond donors (Lipinski definition) is 2. The van der Waals surface area contributed by atoms with Gasteiger partial charge in [-0.1, -0.05) is 0 Å². The number of rotatable bonds is 4. The van der Waals surface area contributed by atoms with Gasteiger partial charge in [-0.25, -0.2) is 0 Å². The van der Waals surface area contributed by atoms with Crippen LogP contribution in [-0.4, -0.2) is 21.9 Å². The largest absolute Gasteiger partial charge is 0.493 e. The molecule has 1 aromatic heterocycles. The zero-order valence-corrected chi connectivity index (χ0v) is 12.2. The number of anilines is 1. The molecule has 1 heterocycles. The Balaban J connectivity index is 2.44. The minimum absolute atomic E-state index is 0.224. The van der Waals surface area contributed by atoms with Gasteiger partial charge < -0.3 is 15.8 Å². The van der Waals surface area contributed by atoms with Crippen LogP contribution in [0.15, 0.2) is 30.5 Å². The fraction of sp³-hybridized carbons (Fsp3) is 0.214. The van der Waals surface area contributed by atoms with Crippen LogP contribution in [0.3, 0.4) is 0 Å². The van der Waals surface area contributed by atoms with Crippen molar-refractivity contribution in [1.82, 2.24) is 10.2 Å². The molecular formula is C14H16N4OS. The van der Waals surface area contributed by atoms with Gasteiger partial charge in [0.15, 0.2) is 5.11 Å². The smallest absolute Gasteiger partial charge is 0.168 e. The van der Waals surface area contributed by atoms with Crippen LogP contribution in [0.25, 0.3) is 11.1 Å². The molecule has 0 saturated heterocycles. The lowest BCUT2D eigenvalue weighted by molar-refractivity contribution is 0.342. The second-order valence-electron chi connectivity index (χ2n) is 4.22. The third-order valence-corrected chi connectivity index (χ3v) is 2.74. The minimum atomic E-state index is 0.224. The first-order chi connectivity index (χ1) is 9.60. The lowest BCUT2D eigenvalue weighted by Gasteiger charge is -2.13. The van der Waals surface area contributed by atoms with E-state index in [1.54, 1.807) is 6.20 Å². The van der Waals surface area contributed by atoms with Crippen LogP contribution >= 0.6 is 12.2 Å². The highest BCUT2D eigenvalue weighted by molar-refractivity contribution is 7.80. The first-order valence-corrected chi connectivity index (χ1v) is 6.64. The monoisotopic (exact) mass is 288 g/mol. The van der Waals surface area contributed by atoms with Gasteiger partial charge in [0, 0.05) is 22.9 Å². The highest BCUT2D eigenvalue weighted by atomic mass is 32.1. The van der Waals surface area contributed by atoms with Crippen LogP contribution in [0.5, 0.6) is 5.75 Å². The third kappa shape index (κ3) is 3.42. The maximum atomic E-state index is 5.68. The number of nitrogens with two attached hydrogens (primary N) is 1. The van der Waals surface area contributed by atoms with Gasteiger partial charge in [0.1, 0.15) is 5.75 Å². The lowest BCUT2D eigenvalue weighted by Crippen LogP contribution is -2.18. The van der Waals surface area contributed by atoms with Gasteiger partial charge in [-0.2, -0.15) is 10.2 Å². The summed E-state index contributed by atoms with van der Waals surface area (Å²) in [5.41, 5.74) is 9.05. The van der Waals surface area contributed by atoms with Gasteiger partial charge in [-0.15, -0.1) is 0 Å². The average Bonchev–Trinajstić information content (AvgIpc) is 2.38. The summed E-state index contributed by atoms with van der Waals surface area (Å²) in [5.74, 6) is 0.751. The first kappa shape index (κ1) is 14.2. The summed E-state index contributed by atoms with van der Waals surface area (Å²) in [6, 6.07) is 7.67. The number of nitrogens with zero attached hydrogens (tertiary/aromatic N) is 2. The summed E-state index contributed by atoms with van der Waals surface area (Å²) >= 11 is 4.84. The standard InChI is InChI=1S/C14H16N4OS/c1-3-19-13-7-11(17-14(15)20)4-5-12(13)10-6-9(2)18-16-8-10/h4-8H,3H2,1-2H3,(H3,15,17,20). The minimum Gasteiger partial charge on any atom is -0.493 e. The van der Waals surface area contributed by atoms with E-state index in [0.717, 1.165) is 28.3 Å². The molecule has 5 nitrogen and oxygen atoms in total. The van der Waals surface area contributed by atoms with Crippen molar-refractivity contribution >= 4 is 23.0 Å². The molecule has 104 valence electrons. The molecule has 0 saturated carbocycles. The fourth-order valence-corrected chi connectivity index (χ4v) is 1.99. The van der Waals surface area contributed by atoms with Gasteiger partial charge in [-0.3, -0.25) is 0 Å². The Kier molecular flexibility index (Phi) is 4.47. The summed E-state index contributed by atoms with van der Waals surface area (Å²) in [7, 11) is 0. The van der Waals surface area contributed by atoms with E-state index < -0.39 is 0 Å². The van der Waals surface area contributed by atoms with E-state index in [1.165, 1.54) is 0 Å². The van der Waals surface area contributed by atoms with Crippen molar-refractivity contribution in [1.29, 1.82) is 0 Å². The van der Waals surface area contributed by atoms with E-state index in [4.69, 9.17) is 22.7 Å². The summed E-state index contributed by atoms with van der Waals surface area (Å²) in [4.78, 5) is 0. The predicted octanol–water partition coefficient (Wildman–Crippen LogP) is 2.51. The molecule has 0 aliphatic heterocycles. The van der Waals surface area contributed by atoms with Gasteiger partial charge >= 0.3 is 0 Å². The molecule has 0 aliphatic rings. The van der Waals surface area contributed by atoms with Crippen molar-refractivity contribution in [3.63, 3.8) is 0 Å². The number of hydrogen-bond acceptors (Lipinski definition) is 4. The SMILES string of the molecule is CCOc1cc(NC(N)=S)ccc1-c1cnnc(C)c1. The number of nitrogens with one attached hydrogen (secondary N) is 1. The highest BCUT2D eigenvalue weighted by Gasteiger charge is 2.09. The zero-order valence-electron chi connectivity index (χ0n) is 11.4. The molecule has 0 spiro atoms. The molecule has 2 aromatic rings. The van der Waals surface area contributed by atoms with Crippen LogP contribution in [0.1, 0.15) is 12.6 Å². The Labute approximate surface area is 123 Å². The lowest BCUT2D eigenvalue weighted by atomic mass is 10.1.